The second kappa shape index (κ2) is 6.05. The first-order valence-corrected chi connectivity index (χ1v) is 4.78. The number of carbonyl (C=O) groups excluding carboxylic acids is 1. The summed E-state index contributed by atoms with van der Waals surface area (Å²) in [7, 11) is 0. The fourth-order valence-electron chi connectivity index (χ4n) is 1.33. The molecule has 2 atom stereocenters. The second-order valence-electron chi connectivity index (χ2n) is 3.51. The standard InChI is InChI=1S/C11H10O7.H2O/c12-7(6-4-2-1-3-5-6)11(18,10(16)17)8(13)9(14)15;/h1-5,8,13,18H,(H,14,15)(H,16,17);1H2/t8-,11+;/m0./s1. The molecule has 1 aromatic carbocycles. The van der Waals surface area contributed by atoms with Crippen LogP contribution in [0, 0.1) is 0 Å². The predicted molar refractivity (Wildman–Crippen MR) is 60.6 cm³/mol. The zero-order valence-electron chi connectivity index (χ0n) is 9.48. The number of aliphatic carboxylic acids is 2. The Bertz CT molecular complexity index is 483. The number of benzene rings is 1. The van der Waals surface area contributed by atoms with Crippen molar-refractivity contribution in [1.29, 1.82) is 0 Å². The maximum atomic E-state index is 11.8. The molecule has 1 rings (SSSR count). The van der Waals surface area contributed by atoms with Crippen LogP contribution in [0.1, 0.15) is 10.4 Å². The third-order valence-electron chi connectivity index (χ3n) is 2.34. The number of carboxylic acid groups (broad SMARTS) is 2. The summed E-state index contributed by atoms with van der Waals surface area (Å²) in [5.74, 6) is -5.54. The molecule has 0 aliphatic carbocycles. The summed E-state index contributed by atoms with van der Waals surface area (Å²) < 4.78 is 0. The molecule has 6 N–H and O–H groups in total. The first-order chi connectivity index (χ1) is 8.31. The lowest BCUT2D eigenvalue weighted by Crippen LogP contribution is -2.58. The molecular weight excluding hydrogens is 260 g/mol. The number of ketones is 1. The number of aliphatic hydroxyl groups is 2. The molecule has 0 aromatic heterocycles. The lowest BCUT2D eigenvalue weighted by Gasteiger charge is -2.24. The maximum Gasteiger partial charge on any atom is 0.347 e. The highest BCUT2D eigenvalue weighted by molar-refractivity contribution is 6.17. The smallest absolute Gasteiger partial charge is 0.347 e. The molecule has 0 bridgehead atoms. The van der Waals surface area contributed by atoms with Gasteiger partial charge in [-0.05, 0) is 0 Å². The Morgan fingerprint density at radius 1 is 1.05 bits per heavy atom. The van der Waals surface area contributed by atoms with Gasteiger partial charge in [-0.1, -0.05) is 30.3 Å². The number of rotatable bonds is 5. The van der Waals surface area contributed by atoms with E-state index in [-0.39, 0.29) is 11.0 Å². The first-order valence-electron chi connectivity index (χ1n) is 4.78. The average Bonchev–Trinajstić information content (AvgIpc) is 2.36. The molecular formula is C11H12O8. The highest BCUT2D eigenvalue weighted by Crippen LogP contribution is 2.19. The van der Waals surface area contributed by atoms with Crippen LogP contribution in [0.4, 0.5) is 0 Å². The van der Waals surface area contributed by atoms with Gasteiger partial charge in [0.1, 0.15) is 0 Å². The summed E-state index contributed by atoms with van der Waals surface area (Å²) in [4.78, 5) is 33.2. The van der Waals surface area contributed by atoms with Crippen LogP contribution < -0.4 is 0 Å². The number of hydrogen-bond acceptors (Lipinski definition) is 5. The van der Waals surface area contributed by atoms with Gasteiger partial charge in [0.15, 0.2) is 6.10 Å². The molecule has 0 amide bonds. The predicted octanol–water partition coefficient (Wildman–Crippen LogP) is -1.69. The van der Waals surface area contributed by atoms with Crippen LogP contribution in [0.3, 0.4) is 0 Å². The number of Topliss-reactive ketones (excluding diaryl/α,β-unsaturated/α-hetero) is 1. The van der Waals surface area contributed by atoms with E-state index in [4.69, 9.17) is 10.2 Å². The molecule has 0 saturated heterocycles. The molecule has 0 radical (unpaired) electrons. The minimum atomic E-state index is -3.42. The second-order valence-corrected chi connectivity index (χ2v) is 3.51. The highest BCUT2D eigenvalue weighted by atomic mass is 16.4. The average molecular weight is 272 g/mol. The molecule has 104 valence electrons. The van der Waals surface area contributed by atoms with Crippen LogP contribution in [0.2, 0.25) is 0 Å². The molecule has 19 heavy (non-hydrogen) atoms. The van der Waals surface area contributed by atoms with Crippen LogP contribution in [0.5, 0.6) is 0 Å². The molecule has 1 aromatic rings. The van der Waals surface area contributed by atoms with Crippen molar-refractivity contribution in [2.45, 2.75) is 11.7 Å². The minimum Gasteiger partial charge on any atom is -0.479 e. The van der Waals surface area contributed by atoms with Gasteiger partial charge in [0.05, 0.1) is 0 Å². The van der Waals surface area contributed by atoms with E-state index < -0.39 is 29.4 Å². The van der Waals surface area contributed by atoms with Crippen molar-refractivity contribution >= 4 is 17.7 Å². The minimum absolute atomic E-state index is 0. The van der Waals surface area contributed by atoms with Crippen molar-refractivity contribution in [2.24, 2.45) is 0 Å². The summed E-state index contributed by atoms with van der Waals surface area (Å²) in [5, 5.41) is 36.2. The Balaban J connectivity index is 0.00000324. The summed E-state index contributed by atoms with van der Waals surface area (Å²) in [6.45, 7) is 0. The van der Waals surface area contributed by atoms with Gasteiger partial charge in [-0.3, -0.25) is 4.79 Å². The molecule has 0 heterocycles. The van der Waals surface area contributed by atoms with Crippen molar-refractivity contribution < 1.29 is 40.3 Å². The SMILES string of the molecule is O.O=C(O)[C@H](O)[C@@](O)(C(=O)O)C(=O)c1ccccc1. The van der Waals surface area contributed by atoms with E-state index in [2.05, 4.69) is 0 Å². The van der Waals surface area contributed by atoms with Gasteiger partial charge >= 0.3 is 11.9 Å². The van der Waals surface area contributed by atoms with E-state index in [1.165, 1.54) is 24.3 Å². The van der Waals surface area contributed by atoms with E-state index in [0.717, 1.165) is 0 Å². The Morgan fingerprint density at radius 2 is 1.53 bits per heavy atom. The molecule has 0 spiro atoms. The topological polar surface area (TPSA) is 164 Å². The Kier molecular flexibility index (Phi) is 5.32. The summed E-state index contributed by atoms with van der Waals surface area (Å²) in [6.07, 6.45) is -2.76. The van der Waals surface area contributed by atoms with E-state index in [1.807, 2.05) is 0 Å². The normalized spacial score (nSPS) is 14.6. The van der Waals surface area contributed by atoms with Crippen LogP contribution in [0.15, 0.2) is 30.3 Å². The van der Waals surface area contributed by atoms with Gasteiger partial charge in [0, 0.05) is 5.56 Å². The van der Waals surface area contributed by atoms with Crippen LogP contribution >= 0.6 is 0 Å². The lowest BCUT2D eigenvalue weighted by molar-refractivity contribution is -0.175. The largest absolute Gasteiger partial charge is 0.479 e. The molecule has 8 heteroatoms. The highest BCUT2D eigenvalue weighted by Gasteiger charge is 2.54. The van der Waals surface area contributed by atoms with Crippen LogP contribution in [-0.4, -0.2) is 55.3 Å². The van der Waals surface area contributed by atoms with Crippen LogP contribution in [-0.2, 0) is 9.59 Å². The quantitative estimate of drug-likeness (QED) is 0.366. The molecule has 8 nitrogen and oxygen atoms in total. The lowest BCUT2D eigenvalue weighted by atomic mass is 9.87. The number of aliphatic hydroxyl groups excluding tert-OH is 1. The zero-order chi connectivity index (χ0) is 13.9. The first kappa shape index (κ1) is 16.7. The van der Waals surface area contributed by atoms with E-state index in [9.17, 15) is 24.6 Å². The van der Waals surface area contributed by atoms with E-state index in [0.29, 0.717) is 0 Å². The van der Waals surface area contributed by atoms with Crippen molar-refractivity contribution in [2.75, 3.05) is 0 Å². The number of carbonyl (C=O) groups is 3. The number of hydrogen-bond donors (Lipinski definition) is 4. The summed E-state index contributed by atoms with van der Waals surface area (Å²) in [5.41, 5.74) is -3.64. The van der Waals surface area contributed by atoms with Gasteiger partial charge in [-0.25, -0.2) is 9.59 Å². The third kappa shape index (κ3) is 2.94. The molecule has 0 saturated carbocycles. The van der Waals surface area contributed by atoms with Gasteiger partial charge < -0.3 is 25.9 Å². The van der Waals surface area contributed by atoms with Gasteiger partial charge in [0.25, 0.3) is 5.60 Å². The maximum absolute atomic E-state index is 11.8. The third-order valence-corrected chi connectivity index (χ3v) is 2.34. The monoisotopic (exact) mass is 272 g/mol. The van der Waals surface area contributed by atoms with Gasteiger partial charge in [0.2, 0.25) is 5.78 Å². The summed E-state index contributed by atoms with van der Waals surface area (Å²) >= 11 is 0. The van der Waals surface area contributed by atoms with E-state index >= 15 is 0 Å². The Labute approximate surface area is 106 Å². The van der Waals surface area contributed by atoms with Crippen LogP contribution in [0.25, 0.3) is 0 Å². The molecule has 0 aliphatic rings. The van der Waals surface area contributed by atoms with Crippen molar-refractivity contribution in [3.8, 4) is 0 Å². The molecule has 0 unspecified atom stereocenters. The fraction of sp³-hybridized carbons (Fsp3) is 0.182. The molecule has 0 fully saturated rings. The summed E-state index contributed by atoms with van der Waals surface area (Å²) in [6, 6.07) is 6.76. The van der Waals surface area contributed by atoms with E-state index in [1.54, 1.807) is 6.07 Å². The Morgan fingerprint density at radius 3 is 1.89 bits per heavy atom. The zero-order valence-corrected chi connectivity index (χ0v) is 9.48. The number of carboxylic acids is 2. The molecule has 0 aliphatic heterocycles. The van der Waals surface area contributed by atoms with Gasteiger partial charge in [-0.15, -0.1) is 0 Å². The van der Waals surface area contributed by atoms with Crippen molar-refractivity contribution in [1.82, 2.24) is 0 Å². The fourth-order valence-corrected chi connectivity index (χ4v) is 1.33. The van der Waals surface area contributed by atoms with Gasteiger partial charge in [-0.2, -0.15) is 0 Å². The van der Waals surface area contributed by atoms with Crippen molar-refractivity contribution in [3.63, 3.8) is 0 Å². The van der Waals surface area contributed by atoms with Crippen molar-refractivity contribution in [3.05, 3.63) is 35.9 Å². The Hall–Kier alpha value is -2.29.